The number of aliphatic carboxylic acids is 1. The van der Waals surface area contributed by atoms with E-state index in [0.717, 1.165) is 28.5 Å². The van der Waals surface area contributed by atoms with Gasteiger partial charge >= 0.3 is 5.97 Å². The Bertz CT molecular complexity index is 1750. The van der Waals surface area contributed by atoms with Crippen LogP contribution in [0.5, 0.6) is 5.75 Å². The molecule has 0 aliphatic carbocycles. The normalized spacial score (nSPS) is 14.8. The monoisotopic (exact) mass is 623 g/mol. The fraction of sp³-hybridized carbons (Fsp3) is 0.0857. The van der Waals surface area contributed by atoms with Crippen LogP contribution in [0.1, 0.15) is 32.6 Å². The number of hydrogen-bond donors (Lipinski definition) is 1. The quantitative estimate of drug-likeness (QED) is 0.108. The van der Waals surface area contributed by atoms with E-state index >= 15 is 0 Å². The number of amides is 1. The van der Waals surface area contributed by atoms with Crippen molar-refractivity contribution in [3.8, 4) is 5.75 Å². The number of ether oxygens (including phenoxy) is 1. The Morgan fingerprint density at radius 1 is 0.909 bits per heavy atom. The van der Waals surface area contributed by atoms with E-state index in [0.29, 0.717) is 21.8 Å². The summed E-state index contributed by atoms with van der Waals surface area (Å²) in [5.74, 6) is -1.50. The fourth-order valence-corrected chi connectivity index (χ4v) is 5.86. The number of carboxylic acid groups (broad SMARTS) is 1. The molecule has 0 spiro atoms. The summed E-state index contributed by atoms with van der Waals surface area (Å²) >= 11 is 6.47. The average molecular weight is 624 g/mol. The number of carbonyl (C=O) groups is 3. The molecule has 6 nitrogen and oxygen atoms in total. The van der Waals surface area contributed by atoms with E-state index in [9.17, 15) is 23.9 Å². The van der Waals surface area contributed by atoms with Crippen molar-refractivity contribution in [2.45, 2.75) is 19.1 Å². The van der Waals surface area contributed by atoms with E-state index in [1.165, 1.54) is 23.1 Å². The number of allylic oxidation sites excluding steroid dienone is 1. The summed E-state index contributed by atoms with van der Waals surface area (Å²) in [6, 6.07) is 28.1. The minimum Gasteiger partial charge on any atom is -0.489 e. The first-order chi connectivity index (χ1) is 21.3. The summed E-state index contributed by atoms with van der Waals surface area (Å²) in [5.41, 5.74) is 3.51. The van der Waals surface area contributed by atoms with E-state index in [1.807, 2.05) is 42.5 Å². The van der Waals surface area contributed by atoms with Crippen LogP contribution in [0, 0.1) is 5.82 Å². The minimum atomic E-state index is -1.12. The Morgan fingerprint density at radius 2 is 1.59 bits per heavy atom. The molecular weight excluding hydrogens is 598 g/mol. The fourth-order valence-electron chi connectivity index (χ4n) is 4.51. The number of halogens is 1. The lowest BCUT2D eigenvalue weighted by atomic mass is 10.0. The van der Waals surface area contributed by atoms with Gasteiger partial charge < -0.3 is 9.84 Å². The van der Waals surface area contributed by atoms with Gasteiger partial charge in [0.15, 0.2) is 5.78 Å². The van der Waals surface area contributed by atoms with Crippen LogP contribution in [0.15, 0.2) is 114 Å². The third-order valence-corrected chi connectivity index (χ3v) is 8.12. The molecule has 1 aliphatic heterocycles. The standard InChI is InChI=1S/C35H26FNO5S2/c36-28-8-4-7-26(19-28)22-42-29-16-14-27(15-17-29)31(38)18-13-23-9-11-25(12-10-23)21-32-33(39)37(35(43)44-32)30(34(40)41)20-24-5-2-1-3-6-24/h1-19,21,30H,20,22H2,(H,40,41)/b18-13+,32-21-/t30-/m0/s1. The van der Waals surface area contributed by atoms with Crippen LogP contribution in [0.3, 0.4) is 0 Å². The van der Waals surface area contributed by atoms with Crippen molar-refractivity contribution in [1.82, 2.24) is 4.90 Å². The zero-order chi connectivity index (χ0) is 31.1. The van der Waals surface area contributed by atoms with Gasteiger partial charge in [0.2, 0.25) is 0 Å². The van der Waals surface area contributed by atoms with Crippen LogP contribution in [-0.4, -0.2) is 38.0 Å². The molecule has 0 bridgehead atoms. The van der Waals surface area contributed by atoms with Crippen molar-refractivity contribution < 1.29 is 28.6 Å². The van der Waals surface area contributed by atoms with Crippen LogP contribution < -0.4 is 4.74 Å². The molecule has 0 unspecified atom stereocenters. The maximum atomic E-state index is 13.3. The number of carbonyl (C=O) groups excluding carboxylic acids is 2. The first-order valence-electron chi connectivity index (χ1n) is 13.6. The van der Waals surface area contributed by atoms with Gasteiger partial charge in [0.1, 0.15) is 28.5 Å². The van der Waals surface area contributed by atoms with Crippen molar-refractivity contribution in [3.63, 3.8) is 0 Å². The largest absolute Gasteiger partial charge is 0.489 e. The highest BCUT2D eigenvalue weighted by Gasteiger charge is 2.40. The second kappa shape index (κ2) is 14.1. The van der Waals surface area contributed by atoms with E-state index in [4.69, 9.17) is 17.0 Å². The Labute approximate surface area is 263 Å². The number of hydrogen-bond acceptors (Lipinski definition) is 6. The number of benzene rings is 4. The molecule has 220 valence electrons. The van der Waals surface area contributed by atoms with Crippen molar-refractivity contribution in [1.29, 1.82) is 0 Å². The molecule has 9 heteroatoms. The summed E-state index contributed by atoms with van der Waals surface area (Å²) in [4.78, 5) is 39.4. The van der Waals surface area contributed by atoms with Crippen LogP contribution in [0.2, 0.25) is 0 Å². The summed E-state index contributed by atoms with van der Waals surface area (Å²) in [7, 11) is 0. The molecule has 0 aromatic heterocycles. The number of ketones is 1. The maximum Gasteiger partial charge on any atom is 0.327 e. The van der Waals surface area contributed by atoms with Crippen LogP contribution in [0.25, 0.3) is 12.2 Å². The number of rotatable bonds is 11. The minimum absolute atomic E-state index is 0.143. The molecular formula is C35H26FNO5S2. The van der Waals surface area contributed by atoms with E-state index < -0.39 is 17.9 Å². The van der Waals surface area contributed by atoms with E-state index in [1.54, 1.807) is 60.7 Å². The van der Waals surface area contributed by atoms with Gasteiger partial charge in [0, 0.05) is 12.0 Å². The zero-order valence-corrected chi connectivity index (χ0v) is 24.9. The number of thiocarbonyl (C=S) groups is 1. The first-order valence-corrected chi connectivity index (χ1v) is 14.8. The number of thioether (sulfide) groups is 1. The Morgan fingerprint density at radius 3 is 2.27 bits per heavy atom. The summed E-state index contributed by atoms with van der Waals surface area (Å²) in [5, 5.41) is 9.85. The second-order valence-electron chi connectivity index (χ2n) is 9.90. The molecule has 1 N–H and O–H groups in total. The smallest absolute Gasteiger partial charge is 0.327 e. The van der Waals surface area contributed by atoms with Crippen LogP contribution in [0.4, 0.5) is 4.39 Å². The van der Waals surface area contributed by atoms with Crippen molar-refractivity contribution in [3.05, 3.63) is 148 Å². The van der Waals surface area contributed by atoms with Crippen molar-refractivity contribution in [2.75, 3.05) is 0 Å². The van der Waals surface area contributed by atoms with E-state index in [-0.39, 0.29) is 28.9 Å². The van der Waals surface area contributed by atoms with Crippen molar-refractivity contribution in [2.24, 2.45) is 0 Å². The third-order valence-electron chi connectivity index (χ3n) is 6.79. The summed E-state index contributed by atoms with van der Waals surface area (Å²) in [6.07, 6.45) is 4.99. The molecule has 1 amide bonds. The molecule has 0 radical (unpaired) electrons. The maximum absolute atomic E-state index is 13.3. The molecule has 1 saturated heterocycles. The van der Waals surface area contributed by atoms with Gasteiger partial charge in [-0.1, -0.05) is 96.8 Å². The molecule has 44 heavy (non-hydrogen) atoms. The molecule has 1 heterocycles. The van der Waals surface area contributed by atoms with Gasteiger partial charge in [-0.05, 0) is 70.8 Å². The second-order valence-corrected chi connectivity index (χ2v) is 11.6. The number of nitrogens with zero attached hydrogens (tertiary/aromatic N) is 1. The first kappa shape index (κ1) is 30.6. The molecule has 0 saturated carbocycles. The Balaban J connectivity index is 1.19. The average Bonchev–Trinajstić information content (AvgIpc) is 3.30. The lowest BCUT2D eigenvalue weighted by Crippen LogP contribution is -2.45. The lowest BCUT2D eigenvalue weighted by Gasteiger charge is -2.23. The summed E-state index contributed by atoms with van der Waals surface area (Å²) < 4.78 is 19.2. The Hall–Kier alpha value is -4.86. The summed E-state index contributed by atoms with van der Waals surface area (Å²) in [6.45, 7) is 0.215. The van der Waals surface area contributed by atoms with Gasteiger partial charge in [-0.3, -0.25) is 14.5 Å². The predicted molar refractivity (Wildman–Crippen MR) is 174 cm³/mol. The van der Waals surface area contributed by atoms with Gasteiger partial charge in [-0.15, -0.1) is 0 Å². The highest BCUT2D eigenvalue weighted by molar-refractivity contribution is 8.26. The molecule has 4 aromatic carbocycles. The Kier molecular flexibility index (Phi) is 9.79. The zero-order valence-electron chi connectivity index (χ0n) is 23.3. The molecule has 1 aliphatic rings. The SMILES string of the molecule is O=C(/C=C/c1ccc(/C=C2\SC(=S)N([C@@H](Cc3ccccc3)C(=O)O)C2=O)cc1)c1ccc(OCc2cccc(F)c2)cc1. The van der Waals surface area contributed by atoms with E-state index in [2.05, 4.69) is 0 Å². The van der Waals surface area contributed by atoms with Crippen LogP contribution >= 0.6 is 24.0 Å². The van der Waals surface area contributed by atoms with Crippen LogP contribution in [-0.2, 0) is 22.6 Å². The highest BCUT2D eigenvalue weighted by Crippen LogP contribution is 2.35. The topological polar surface area (TPSA) is 83.9 Å². The number of carboxylic acids is 1. The molecule has 4 aromatic rings. The van der Waals surface area contributed by atoms with Crippen molar-refractivity contribution >= 4 is 58.1 Å². The predicted octanol–water partition coefficient (Wildman–Crippen LogP) is 7.20. The third kappa shape index (κ3) is 7.75. The molecule has 5 rings (SSSR count). The van der Waals surface area contributed by atoms with Gasteiger partial charge in [0.25, 0.3) is 5.91 Å². The highest BCUT2D eigenvalue weighted by atomic mass is 32.2. The van der Waals surface area contributed by atoms with Gasteiger partial charge in [-0.2, -0.15) is 0 Å². The molecule has 1 atom stereocenters. The van der Waals surface area contributed by atoms with Gasteiger partial charge in [0.05, 0.1) is 4.91 Å². The lowest BCUT2D eigenvalue weighted by molar-refractivity contribution is -0.145. The van der Waals surface area contributed by atoms with Gasteiger partial charge in [-0.25, -0.2) is 9.18 Å². The molecule has 1 fully saturated rings.